The number of imide groups is 1. The van der Waals surface area contributed by atoms with Gasteiger partial charge in [-0.25, -0.2) is 0 Å². The van der Waals surface area contributed by atoms with Crippen molar-refractivity contribution in [3.8, 4) is 5.75 Å². The molecule has 0 aliphatic carbocycles. The smallest absolute Gasteiger partial charge is 0.290 e. The fourth-order valence-corrected chi connectivity index (χ4v) is 2.33. The third kappa shape index (κ3) is 2.86. The molecule has 0 unspecified atom stereocenters. The van der Waals surface area contributed by atoms with Crippen LogP contribution in [0, 0.1) is 0 Å². The van der Waals surface area contributed by atoms with Crippen LogP contribution < -0.4 is 10.1 Å². The van der Waals surface area contributed by atoms with Gasteiger partial charge in [-0.05, 0) is 43.0 Å². The van der Waals surface area contributed by atoms with Crippen LogP contribution in [0.4, 0.5) is 4.79 Å². The Kier molecular flexibility index (Phi) is 3.93. The lowest BCUT2D eigenvalue weighted by Gasteiger charge is -2.07. The molecule has 0 aromatic heterocycles. The summed E-state index contributed by atoms with van der Waals surface area (Å²) in [5.41, 5.74) is 0.678. The zero-order valence-electron chi connectivity index (χ0n) is 9.53. The van der Waals surface area contributed by atoms with Gasteiger partial charge in [0.15, 0.2) is 0 Å². The Morgan fingerprint density at radius 2 is 2.22 bits per heavy atom. The lowest BCUT2D eigenvalue weighted by Crippen LogP contribution is -2.17. The Labute approximate surface area is 113 Å². The number of halogens is 1. The minimum atomic E-state index is -0.396. The zero-order chi connectivity index (χ0) is 13.1. The van der Waals surface area contributed by atoms with E-state index in [0.717, 1.165) is 11.8 Å². The number of thioether (sulfide) groups is 1. The van der Waals surface area contributed by atoms with Crippen molar-refractivity contribution in [3.05, 3.63) is 33.7 Å². The van der Waals surface area contributed by atoms with E-state index >= 15 is 0 Å². The molecule has 0 bridgehead atoms. The van der Waals surface area contributed by atoms with E-state index in [1.165, 1.54) is 0 Å². The maximum atomic E-state index is 11.4. The maximum Gasteiger partial charge on any atom is 0.290 e. The Morgan fingerprint density at radius 1 is 1.44 bits per heavy atom. The molecule has 1 N–H and O–H groups in total. The second-order valence-electron chi connectivity index (χ2n) is 3.47. The molecular weight excluding hydrogens is 274 g/mol. The molecule has 1 aliphatic heterocycles. The minimum Gasteiger partial charge on any atom is -0.493 e. The summed E-state index contributed by atoms with van der Waals surface area (Å²) in [6, 6.07) is 5.13. The standard InChI is InChI=1S/C12H10ClNO3S/c1-2-17-9-4-3-8(13)5-7(9)6-10-11(15)14-12(16)18-10/h3-6H,2H2,1H3,(H,14,15,16). The van der Waals surface area contributed by atoms with Gasteiger partial charge in [0, 0.05) is 10.6 Å². The number of ether oxygens (including phenoxy) is 1. The summed E-state index contributed by atoms with van der Waals surface area (Å²) in [7, 11) is 0. The van der Waals surface area contributed by atoms with Gasteiger partial charge in [0.05, 0.1) is 11.5 Å². The molecule has 1 fully saturated rings. The van der Waals surface area contributed by atoms with Crippen LogP contribution in [-0.2, 0) is 4.79 Å². The van der Waals surface area contributed by atoms with E-state index in [0.29, 0.717) is 27.8 Å². The van der Waals surface area contributed by atoms with Crippen molar-refractivity contribution >= 4 is 40.6 Å². The maximum absolute atomic E-state index is 11.4. The van der Waals surface area contributed by atoms with Crippen molar-refractivity contribution < 1.29 is 14.3 Å². The van der Waals surface area contributed by atoms with Gasteiger partial charge in [0.25, 0.3) is 11.1 Å². The molecule has 2 amide bonds. The predicted octanol–water partition coefficient (Wildman–Crippen LogP) is 3.06. The van der Waals surface area contributed by atoms with E-state index in [-0.39, 0.29) is 5.24 Å². The topological polar surface area (TPSA) is 55.4 Å². The fraction of sp³-hybridized carbons (Fsp3) is 0.167. The van der Waals surface area contributed by atoms with E-state index in [1.807, 2.05) is 6.92 Å². The van der Waals surface area contributed by atoms with Gasteiger partial charge in [-0.2, -0.15) is 0 Å². The lowest BCUT2D eigenvalue weighted by atomic mass is 10.2. The zero-order valence-corrected chi connectivity index (χ0v) is 11.1. The van der Waals surface area contributed by atoms with Crippen LogP contribution in [-0.4, -0.2) is 17.8 Å². The Morgan fingerprint density at radius 3 is 2.83 bits per heavy atom. The summed E-state index contributed by atoms with van der Waals surface area (Å²) >= 11 is 6.77. The third-order valence-corrected chi connectivity index (χ3v) is 3.25. The second-order valence-corrected chi connectivity index (χ2v) is 4.92. The average Bonchev–Trinajstić information content (AvgIpc) is 2.61. The largest absolute Gasteiger partial charge is 0.493 e. The fourth-order valence-electron chi connectivity index (χ4n) is 1.48. The summed E-state index contributed by atoms with van der Waals surface area (Å²) in [5.74, 6) is 0.231. The first-order chi connectivity index (χ1) is 8.60. The van der Waals surface area contributed by atoms with E-state index in [4.69, 9.17) is 16.3 Å². The first kappa shape index (κ1) is 13.0. The highest BCUT2D eigenvalue weighted by Crippen LogP contribution is 2.30. The van der Waals surface area contributed by atoms with Crippen molar-refractivity contribution in [2.24, 2.45) is 0 Å². The first-order valence-electron chi connectivity index (χ1n) is 5.27. The van der Waals surface area contributed by atoms with Crippen molar-refractivity contribution in [1.29, 1.82) is 0 Å². The number of carbonyl (C=O) groups is 2. The van der Waals surface area contributed by atoms with Crippen LogP contribution in [0.15, 0.2) is 23.1 Å². The van der Waals surface area contributed by atoms with E-state index < -0.39 is 5.91 Å². The molecular formula is C12H10ClNO3S. The third-order valence-electron chi connectivity index (χ3n) is 2.20. The molecule has 1 aromatic carbocycles. The van der Waals surface area contributed by atoms with Crippen molar-refractivity contribution in [3.63, 3.8) is 0 Å². The quantitative estimate of drug-likeness (QED) is 0.866. The van der Waals surface area contributed by atoms with Crippen molar-refractivity contribution in [2.75, 3.05) is 6.61 Å². The Hall–Kier alpha value is -1.46. The van der Waals surface area contributed by atoms with Gasteiger partial charge in [-0.1, -0.05) is 11.6 Å². The predicted molar refractivity (Wildman–Crippen MR) is 71.7 cm³/mol. The van der Waals surface area contributed by atoms with Crippen LogP contribution in [0.5, 0.6) is 5.75 Å². The number of carbonyl (C=O) groups excluding carboxylic acids is 2. The Balaban J connectivity index is 2.38. The molecule has 1 aromatic rings. The SMILES string of the molecule is CCOc1ccc(Cl)cc1C=C1SC(=O)NC1=O. The average molecular weight is 284 g/mol. The van der Waals surface area contributed by atoms with Gasteiger partial charge in [0.1, 0.15) is 5.75 Å². The molecule has 94 valence electrons. The van der Waals surface area contributed by atoms with Gasteiger partial charge in [0.2, 0.25) is 0 Å². The molecule has 18 heavy (non-hydrogen) atoms. The number of benzene rings is 1. The molecule has 1 heterocycles. The highest BCUT2D eigenvalue weighted by atomic mass is 35.5. The van der Waals surface area contributed by atoms with Gasteiger partial charge >= 0.3 is 0 Å². The number of amides is 2. The molecule has 1 saturated heterocycles. The van der Waals surface area contributed by atoms with Crippen LogP contribution in [0.3, 0.4) is 0 Å². The number of hydrogen-bond donors (Lipinski definition) is 1. The van der Waals surface area contributed by atoms with Crippen molar-refractivity contribution in [2.45, 2.75) is 6.92 Å². The van der Waals surface area contributed by atoms with E-state index in [1.54, 1.807) is 24.3 Å². The molecule has 0 saturated carbocycles. The summed E-state index contributed by atoms with van der Waals surface area (Å²) in [5, 5.41) is 2.37. The highest BCUT2D eigenvalue weighted by molar-refractivity contribution is 8.18. The molecule has 2 rings (SSSR count). The second kappa shape index (κ2) is 5.46. The minimum absolute atomic E-state index is 0.336. The Bertz CT molecular complexity index is 542. The van der Waals surface area contributed by atoms with Gasteiger partial charge in [-0.3, -0.25) is 14.9 Å². The summed E-state index contributed by atoms with van der Waals surface area (Å²) in [6.45, 7) is 2.38. The van der Waals surface area contributed by atoms with E-state index in [2.05, 4.69) is 5.32 Å². The number of rotatable bonds is 3. The van der Waals surface area contributed by atoms with Crippen molar-refractivity contribution in [1.82, 2.24) is 5.32 Å². The van der Waals surface area contributed by atoms with Crippen LogP contribution >= 0.6 is 23.4 Å². The monoisotopic (exact) mass is 283 g/mol. The summed E-state index contributed by atoms with van der Waals surface area (Å²) in [6.07, 6.45) is 1.60. The first-order valence-corrected chi connectivity index (χ1v) is 6.47. The molecule has 0 spiro atoms. The number of hydrogen-bond acceptors (Lipinski definition) is 4. The molecule has 0 radical (unpaired) electrons. The van der Waals surface area contributed by atoms with Gasteiger partial charge < -0.3 is 4.74 Å². The summed E-state index contributed by atoms with van der Waals surface area (Å²) in [4.78, 5) is 22.8. The molecule has 1 aliphatic rings. The highest BCUT2D eigenvalue weighted by Gasteiger charge is 2.25. The molecule has 6 heteroatoms. The number of nitrogens with one attached hydrogen (secondary N) is 1. The van der Waals surface area contributed by atoms with Crippen LogP contribution in [0.2, 0.25) is 5.02 Å². The molecule has 4 nitrogen and oxygen atoms in total. The van der Waals surface area contributed by atoms with Crippen LogP contribution in [0.1, 0.15) is 12.5 Å². The lowest BCUT2D eigenvalue weighted by molar-refractivity contribution is -0.115. The van der Waals surface area contributed by atoms with Gasteiger partial charge in [-0.15, -0.1) is 0 Å². The van der Waals surface area contributed by atoms with Crippen LogP contribution in [0.25, 0.3) is 6.08 Å². The summed E-state index contributed by atoms with van der Waals surface area (Å²) < 4.78 is 5.44. The molecule has 0 atom stereocenters. The van der Waals surface area contributed by atoms with E-state index in [9.17, 15) is 9.59 Å². The normalized spacial score (nSPS) is 17.1.